The van der Waals surface area contributed by atoms with E-state index in [2.05, 4.69) is 4.98 Å². The topological polar surface area (TPSA) is 101 Å². The van der Waals surface area contributed by atoms with Crippen LogP contribution in [0.25, 0.3) is 0 Å². The first-order chi connectivity index (χ1) is 12.8. The Labute approximate surface area is 158 Å². The van der Waals surface area contributed by atoms with Crippen LogP contribution >= 0.6 is 0 Å². The maximum Gasteiger partial charge on any atom is 0.340 e. The van der Waals surface area contributed by atoms with Gasteiger partial charge in [-0.3, -0.25) is 9.78 Å². The molecule has 2 heterocycles. The summed E-state index contributed by atoms with van der Waals surface area (Å²) >= 11 is 0. The van der Waals surface area contributed by atoms with Crippen LogP contribution in [0.5, 0.6) is 0 Å². The third-order valence-electron chi connectivity index (χ3n) is 4.73. The smallest absolute Gasteiger partial charge is 0.340 e. The number of esters is 1. The molecule has 0 saturated carbocycles. The lowest BCUT2D eigenvalue weighted by Crippen LogP contribution is -2.35. The van der Waals surface area contributed by atoms with Gasteiger partial charge in [0, 0.05) is 37.9 Å². The van der Waals surface area contributed by atoms with Crippen molar-refractivity contribution >= 4 is 11.8 Å². The molecule has 7 heteroatoms. The van der Waals surface area contributed by atoms with Crippen molar-refractivity contribution in [2.45, 2.75) is 32.6 Å². The molecule has 1 aromatic heterocycles. The molecule has 2 aliphatic rings. The van der Waals surface area contributed by atoms with E-state index in [1.165, 1.54) is 7.11 Å². The zero-order valence-corrected chi connectivity index (χ0v) is 15.8. The number of hydrogen-bond donors (Lipinski definition) is 1. The first-order valence-electron chi connectivity index (χ1n) is 8.84. The van der Waals surface area contributed by atoms with E-state index in [1.54, 1.807) is 24.5 Å². The fraction of sp³-hybridized carbons (Fsp3) is 0.450. The highest BCUT2D eigenvalue weighted by Crippen LogP contribution is 2.48. The van der Waals surface area contributed by atoms with Crippen molar-refractivity contribution in [2.75, 3.05) is 20.3 Å². The first-order valence-corrected chi connectivity index (χ1v) is 8.84. The van der Waals surface area contributed by atoms with E-state index in [1.807, 2.05) is 13.8 Å². The number of pyridine rings is 1. The van der Waals surface area contributed by atoms with Crippen LogP contribution in [0.1, 0.15) is 38.2 Å². The minimum atomic E-state index is -0.629. The Bertz CT molecular complexity index is 811. The summed E-state index contributed by atoms with van der Waals surface area (Å²) in [6, 6.07) is 3.53. The molecule has 1 aliphatic heterocycles. The SMILES string of the molecule is COCCOC(=O)C1=C(N)OC2=C(C(=O)CC(C)(C)C2)[C@@H]1c1ccncc1. The number of carbonyl (C=O) groups is 2. The predicted octanol–water partition coefficient (Wildman–Crippen LogP) is 2.20. The molecule has 0 aromatic carbocycles. The molecule has 144 valence electrons. The van der Waals surface area contributed by atoms with Crippen molar-refractivity contribution in [2.24, 2.45) is 11.1 Å². The van der Waals surface area contributed by atoms with Gasteiger partial charge in [-0.05, 0) is 23.1 Å². The molecule has 2 N–H and O–H groups in total. The number of nitrogens with two attached hydrogens (primary N) is 1. The molecule has 0 saturated heterocycles. The van der Waals surface area contributed by atoms with Gasteiger partial charge in [0.2, 0.25) is 5.88 Å². The molecule has 1 atom stereocenters. The van der Waals surface area contributed by atoms with E-state index in [4.69, 9.17) is 19.9 Å². The van der Waals surface area contributed by atoms with Gasteiger partial charge in [-0.2, -0.15) is 0 Å². The summed E-state index contributed by atoms with van der Waals surface area (Å²) in [6.45, 7) is 4.37. The van der Waals surface area contributed by atoms with E-state index in [0.717, 1.165) is 5.56 Å². The number of aromatic nitrogens is 1. The van der Waals surface area contributed by atoms with Gasteiger partial charge in [-0.1, -0.05) is 13.8 Å². The highest BCUT2D eigenvalue weighted by atomic mass is 16.6. The van der Waals surface area contributed by atoms with Gasteiger partial charge >= 0.3 is 5.97 Å². The number of carbonyl (C=O) groups excluding carboxylic acids is 2. The second-order valence-corrected chi connectivity index (χ2v) is 7.50. The molecule has 0 fully saturated rings. The molecular formula is C20H24N2O5. The molecule has 0 amide bonds. The van der Waals surface area contributed by atoms with Crippen molar-refractivity contribution in [3.63, 3.8) is 0 Å². The standard InChI is InChI=1S/C20H24N2O5/c1-20(2)10-13(23)16-14(11-20)27-18(21)17(19(24)26-9-8-25-3)15(16)12-4-6-22-7-5-12/h4-7,15H,8-11,21H2,1-3H3/t15-/m0/s1. The second-order valence-electron chi connectivity index (χ2n) is 7.50. The number of methoxy groups -OCH3 is 1. The molecule has 3 rings (SSSR count). The number of rotatable bonds is 5. The van der Waals surface area contributed by atoms with Crippen LogP contribution in [0.4, 0.5) is 0 Å². The Morgan fingerprint density at radius 2 is 2.00 bits per heavy atom. The lowest BCUT2D eigenvalue weighted by Gasteiger charge is -2.37. The third-order valence-corrected chi connectivity index (χ3v) is 4.73. The summed E-state index contributed by atoms with van der Waals surface area (Å²) in [5, 5.41) is 0. The van der Waals surface area contributed by atoms with E-state index in [0.29, 0.717) is 24.2 Å². The van der Waals surface area contributed by atoms with E-state index < -0.39 is 11.9 Å². The van der Waals surface area contributed by atoms with Crippen LogP contribution in [0.3, 0.4) is 0 Å². The van der Waals surface area contributed by atoms with Crippen LogP contribution in [0, 0.1) is 5.41 Å². The Morgan fingerprint density at radius 1 is 1.30 bits per heavy atom. The van der Waals surface area contributed by atoms with Crippen LogP contribution in [-0.4, -0.2) is 37.1 Å². The fourth-order valence-electron chi connectivity index (χ4n) is 3.57. The Hall–Kier alpha value is -2.67. The monoisotopic (exact) mass is 372 g/mol. The maximum atomic E-state index is 13.0. The van der Waals surface area contributed by atoms with Gasteiger partial charge in [0.05, 0.1) is 12.5 Å². The summed E-state index contributed by atoms with van der Waals surface area (Å²) in [4.78, 5) is 29.7. The highest BCUT2D eigenvalue weighted by molar-refractivity contribution is 6.03. The van der Waals surface area contributed by atoms with Gasteiger partial charge in [0.15, 0.2) is 5.78 Å². The molecule has 0 bridgehead atoms. The molecule has 7 nitrogen and oxygen atoms in total. The minimum absolute atomic E-state index is 0.0246. The number of nitrogens with zero attached hydrogens (tertiary/aromatic N) is 1. The second kappa shape index (κ2) is 7.52. The van der Waals surface area contributed by atoms with Gasteiger partial charge in [-0.15, -0.1) is 0 Å². The van der Waals surface area contributed by atoms with Gasteiger partial charge in [0.25, 0.3) is 0 Å². The number of ketones is 1. The molecule has 1 aliphatic carbocycles. The largest absolute Gasteiger partial charge is 0.460 e. The van der Waals surface area contributed by atoms with Crippen LogP contribution in [0.15, 0.2) is 47.3 Å². The summed E-state index contributed by atoms with van der Waals surface area (Å²) < 4.78 is 15.9. The van der Waals surface area contributed by atoms with Gasteiger partial charge in [-0.25, -0.2) is 4.79 Å². The minimum Gasteiger partial charge on any atom is -0.460 e. The first kappa shape index (κ1) is 19.1. The van der Waals surface area contributed by atoms with Crippen molar-refractivity contribution in [3.8, 4) is 0 Å². The number of allylic oxidation sites excluding steroid dienone is 2. The number of Topliss-reactive ketones (excluding diaryl/α,β-unsaturated/α-hetero) is 1. The zero-order chi connectivity index (χ0) is 19.6. The van der Waals surface area contributed by atoms with Gasteiger partial charge < -0.3 is 19.9 Å². The number of ether oxygens (including phenoxy) is 3. The normalized spacial score (nSPS) is 21.6. The maximum absolute atomic E-state index is 13.0. The average molecular weight is 372 g/mol. The lowest BCUT2D eigenvalue weighted by atomic mass is 9.70. The predicted molar refractivity (Wildman–Crippen MR) is 97.2 cm³/mol. The molecule has 0 radical (unpaired) electrons. The summed E-state index contributed by atoms with van der Waals surface area (Å²) in [5.74, 6) is -0.781. The Kier molecular flexibility index (Phi) is 5.32. The van der Waals surface area contributed by atoms with Crippen molar-refractivity contribution in [1.29, 1.82) is 0 Å². The summed E-state index contributed by atoms with van der Waals surface area (Å²) in [7, 11) is 1.52. The summed E-state index contributed by atoms with van der Waals surface area (Å²) in [6.07, 6.45) is 4.18. The van der Waals surface area contributed by atoms with Crippen molar-refractivity contribution in [1.82, 2.24) is 4.98 Å². The van der Waals surface area contributed by atoms with E-state index >= 15 is 0 Å². The van der Waals surface area contributed by atoms with Gasteiger partial charge in [0.1, 0.15) is 17.9 Å². The fourth-order valence-corrected chi connectivity index (χ4v) is 3.57. The molecule has 0 unspecified atom stereocenters. The Balaban J connectivity index is 2.06. The average Bonchev–Trinajstić information content (AvgIpc) is 2.60. The molecule has 0 spiro atoms. The molecule has 1 aromatic rings. The zero-order valence-electron chi connectivity index (χ0n) is 15.8. The Morgan fingerprint density at radius 3 is 2.67 bits per heavy atom. The van der Waals surface area contributed by atoms with Crippen LogP contribution in [-0.2, 0) is 23.8 Å². The van der Waals surface area contributed by atoms with Crippen molar-refractivity contribution < 1.29 is 23.8 Å². The molecule has 27 heavy (non-hydrogen) atoms. The summed E-state index contributed by atoms with van der Waals surface area (Å²) in [5.41, 5.74) is 7.26. The quantitative estimate of drug-likeness (QED) is 0.624. The van der Waals surface area contributed by atoms with Crippen LogP contribution < -0.4 is 5.73 Å². The van der Waals surface area contributed by atoms with Crippen molar-refractivity contribution in [3.05, 3.63) is 52.9 Å². The van der Waals surface area contributed by atoms with E-state index in [9.17, 15) is 9.59 Å². The number of hydrogen-bond acceptors (Lipinski definition) is 7. The lowest BCUT2D eigenvalue weighted by molar-refractivity contribution is -0.140. The van der Waals surface area contributed by atoms with Crippen LogP contribution in [0.2, 0.25) is 0 Å². The third kappa shape index (κ3) is 3.88. The molecular weight excluding hydrogens is 348 g/mol. The highest BCUT2D eigenvalue weighted by Gasteiger charge is 2.45. The van der Waals surface area contributed by atoms with E-state index in [-0.39, 0.29) is 35.9 Å².